The number of thiazole rings is 1. The lowest BCUT2D eigenvalue weighted by Crippen LogP contribution is -2.48. The summed E-state index contributed by atoms with van der Waals surface area (Å²) in [7, 11) is 0. The first-order chi connectivity index (χ1) is 16.9. The van der Waals surface area contributed by atoms with Gasteiger partial charge in [-0.1, -0.05) is 36.4 Å². The van der Waals surface area contributed by atoms with Crippen molar-refractivity contribution >= 4 is 34.7 Å². The Morgan fingerprint density at radius 1 is 1.17 bits per heavy atom. The molecule has 2 N–H and O–H groups in total. The highest BCUT2D eigenvalue weighted by molar-refractivity contribution is 7.09. The summed E-state index contributed by atoms with van der Waals surface area (Å²) in [6, 6.07) is 8.63. The van der Waals surface area contributed by atoms with Gasteiger partial charge in [-0.05, 0) is 43.1 Å². The van der Waals surface area contributed by atoms with Crippen LogP contribution in [-0.2, 0) is 32.3 Å². The second-order valence-corrected chi connectivity index (χ2v) is 9.79. The summed E-state index contributed by atoms with van der Waals surface area (Å²) in [6.07, 6.45) is 7.42. The summed E-state index contributed by atoms with van der Waals surface area (Å²) in [5.41, 5.74) is 3.43. The lowest BCUT2D eigenvalue weighted by atomic mass is 9.94. The van der Waals surface area contributed by atoms with Crippen LogP contribution in [-0.4, -0.2) is 51.4 Å². The molecule has 2 aromatic rings. The molecule has 3 atom stereocenters. The minimum atomic E-state index is -0.551. The number of rotatable bonds is 10. The van der Waals surface area contributed by atoms with E-state index in [2.05, 4.69) is 15.6 Å². The SMILES string of the molecule is CC(CC(NCc1cncs1)C1=CC(=O)C(=O)C=C1)NC(=O)C1CCC(=O)N1Cc1ccccc1. The van der Waals surface area contributed by atoms with Gasteiger partial charge in [0.2, 0.25) is 23.4 Å². The number of aromatic nitrogens is 1. The standard InChI is InChI=1S/C26H28N4O4S/c1-17(29-26(34)22-8-10-25(33)30(22)15-18-5-3-2-4-6-18)11-21(28-14-20-13-27-16-35-20)19-7-9-23(31)24(32)12-19/h2-7,9,12-13,16-17,21-22,28H,8,10-11,14-15H2,1H3,(H,29,34). The first kappa shape index (κ1) is 24.7. The van der Waals surface area contributed by atoms with Gasteiger partial charge in [0.05, 0.1) is 5.51 Å². The molecule has 1 aliphatic carbocycles. The Balaban J connectivity index is 1.41. The van der Waals surface area contributed by atoms with E-state index in [1.807, 2.05) is 37.3 Å². The predicted octanol–water partition coefficient (Wildman–Crippen LogP) is 2.32. The van der Waals surface area contributed by atoms with Crippen molar-refractivity contribution in [2.75, 3.05) is 0 Å². The Kier molecular flexibility index (Phi) is 7.99. The summed E-state index contributed by atoms with van der Waals surface area (Å²) in [4.78, 5) is 56.0. The fourth-order valence-corrected chi connectivity index (χ4v) is 4.91. The quantitative estimate of drug-likeness (QED) is 0.389. The first-order valence-corrected chi connectivity index (χ1v) is 12.5. The van der Waals surface area contributed by atoms with Gasteiger partial charge in [0, 0.05) is 42.7 Å². The van der Waals surface area contributed by atoms with E-state index in [0.29, 0.717) is 37.9 Å². The van der Waals surface area contributed by atoms with E-state index < -0.39 is 17.6 Å². The smallest absolute Gasteiger partial charge is 0.243 e. The topological polar surface area (TPSA) is 108 Å². The summed E-state index contributed by atoms with van der Waals surface area (Å²) >= 11 is 1.52. The third-order valence-electron chi connectivity index (χ3n) is 6.18. The number of nitrogens with one attached hydrogen (secondary N) is 2. The van der Waals surface area contributed by atoms with Gasteiger partial charge in [-0.25, -0.2) is 0 Å². The van der Waals surface area contributed by atoms with Gasteiger partial charge in [-0.2, -0.15) is 0 Å². The molecule has 35 heavy (non-hydrogen) atoms. The fourth-order valence-electron chi connectivity index (χ4n) is 4.37. The molecule has 0 saturated carbocycles. The van der Waals surface area contributed by atoms with E-state index in [0.717, 1.165) is 10.4 Å². The zero-order chi connectivity index (χ0) is 24.8. The molecule has 0 bridgehead atoms. The number of benzene rings is 1. The van der Waals surface area contributed by atoms with E-state index in [-0.39, 0.29) is 23.9 Å². The van der Waals surface area contributed by atoms with Crippen molar-refractivity contribution in [2.45, 2.75) is 57.4 Å². The van der Waals surface area contributed by atoms with Gasteiger partial charge < -0.3 is 15.5 Å². The third kappa shape index (κ3) is 6.37. The number of allylic oxidation sites excluding steroid dienone is 2. The van der Waals surface area contributed by atoms with Crippen LogP contribution in [0.4, 0.5) is 0 Å². The van der Waals surface area contributed by atoms with Gasteiger partial charge in [0.1, 0.15) is 6.04 Å². The molecule has 2 heterocycles. The molecule has 1 aromatic heterocycles. The molecule has 1 saturated heterocycles. The van der Waals surface area contributed by atoms with Crippen LogP contribution in [0.1, 0.15) is 36.6 Å². The minimum absolute atomic E-state index is 0.0218. The van der Waals surface area contributed by atoms with E-state index in [9.17, 15) is 19.2 Å². The van der Waals surface area contributed by atoms with Gasteiger partial charge in [0.15, 0.2) is 0 Å². The molecule has 3 unspecified atom stereocenters. The summed E-state index contributed by atoms with van der Waals surface area (Å²) < 4.78 is 0. The van der Waals surface area contributed by atoms with Crippen molar-refractivity contribution in [1.82, 2.24) is 20.5 Å². The Labute approximate surface area is 208 Å². The van der Waals surface area contributed by atoms with Crippen molar-refractivity contribution in [3.63, 3.8) is 0 Å². The van der Waals surface area contributed by atoms with Crippen LogP contribution in [0.2, 0.25) is 0 Å². The molecule has 0 radical (unpaired) electrons. The van der Waals surface area contributed by atoms with Crippen LogP contribution >= 0.6 is 11.3 Å². The summed E-state index contributed by atoms with van der Waals surface area (Å²) in [5.74, 6) is -1.29. The second-order valence-electron chi connectivity index (χ2n) is 8.81. The maximum absolute atomic E-state index is 13.1. The molecule has 2 aliphatic rings. The van der Waals surface area contributed by atoms with E-state index >= 15 is 0 Å². The molecule has 4 rings (SSSR count). The highest BCUT2D eigenvalue weighted by atomic mass is 32.1. The first-order valence-electron chi connectivity index (χ1n) is 11.6. The largest absolute Gasteiger partial charge is 0.352 e. The number of amides is 2. The number of carbonyl (C=O) groups excluding carboxylic acids is 4. The molecule has 2 amide bonds. The number of likely N-dealkylation sites (tertiary alicyclic amines) is 1. The average Bonchev–Trinajstić information content (AvgIpc) is 3.49. The molecule has 8 nitrogen and oxygen atoms in total. The predicted molar refractivity (Wildman–Crippen MR) is 132 cm³/mol. The van der Waals surface area contributed by atoms with Gasteiger partial charge in [0.25, 0.3) is 0 Å². The second kappa shape index (κ2) is 11.3. The fraction of sp³-hybridized carbons (Fsp3) is 0.346. The van der Waals surface area contributed by atoms with Crippen LogP contribution in [0.15, 0.2) is 65.8 Å². The zero-order valence-electron chi connectivity index (χ0n) is 19.5. The number of hydrogen-bond acceptors (Lipinski definition) is 7. The molecule has 1 aliphatic heterocycles. The van der Waals surface area contributed by atoms with Crippen LogP contribution in [0.5, 0.6) is 0 Å². The normalized spacial score (nSPS) is 19.6. The van der Waals surface area contributed by atoms with E-state index in [1.165, 1.54) is 23.5 Å². The third-order valence-corrected chi connectivity index (χ3v) is 6.96. The number of nitrogens with zero attached hydrogens (tertiary/aromatic N) is 2. The van der Waals surface area contributed by atoms with Gasteiger partial charge in [-0.15, -0.1) is 11.3 Å². The lowest BCUT2D eigenvalue weighted by molar-refractivity contribution is -0.136. The minimum Gasteiger partial charge on any atom is -0.352 e. The van der Waals surface area contributed by atoms with Crippen LogP contribution < -0.4 is 10.6 Å². The highest BCUT2D eigenvalue weighted by Crippen LogP contribution is 2.22. The number of ketones is 2. The Morgan fingerprint density at radius 3 is 2.69 bits per heavy atom. The Hall–Kier alpha value is -3.43. The summed E-state index contributed by atoms with van der Waals surface area (Å²) in [6.45, 7) is 2.85. The zero-order valence-corrected chi connectivity index (χ0v) is 20.3. The van der Waals surface area contributed by atoms with Crippen LogP contribution in [0, 0.1) is 0 Å². The van der Waals surface area contributed by atoms with Crippen molar-refractivity contribution < 1.29 is 19.2 Å². The summed E-state index contributed by atoms with van der Waals surface area (Å²) in [5, 5.41) is 6.48. The molecule has 182 valence electrons. The maximum Gasteiger partial charge on any atom is 0.243 e. The van der Waals surface area contributed by atoms with Crippen LogP contribution in [0.3, 0.4) is 0 Å². The van der Waals surface area contributed by atoms with Crippen molar-refractivity contribution in [3.8, 4) is 0 Å². The number of carbonyl (C=O) groups is 4. The molecular weight excluding hydrogens is 464 g/mol. The van der Waals surface area contributed by atoms with Crippen LogP contribution in [0.25, 0.3) is 0 Å². The Morgan fingerprint density at radius 2 is 1.97 bits per heavy atom. The van der Waals surface area contributed by atoms with Crippen molar-refractivity contribution in [1.29, 1.82) is 0 Å². The molecular formula is C26H28N4O4S. The van der Waals surface area contributed by atoms with Crippen molar-refractivity contribution in [2.24, 2.45) is 0 Å². The van der Waals surface area contributed by atoms with Crippen molar-refractivity contribution in [3.05, 3.63) is 76.3 Å². The Bertz CT molecular complexity index is 1140. The van der Waals surface area contributed by atoms with E-state index in [1.54, 1.807) is 22.7 Å². The van der Waals surface area contributed by atoms with E-state index in [4.69, 9.17) is 0 Å². The highest BCUT2D eigenvalue weighted by Gasteiger charge is 2.36. The maximum atomic E-state index is 13.1. The molecule has 1 fully saturated rings. The average molecular weight is 493 g/mol. The monoisotopic (exact) mass is 492 g/mol. The van der Waals surface area contributed by atoms with Gasteiger partial charge in [-0.3, -0.25) is 24.2 Å². The molecule has 1 aromatic carbocycles. The molecule has 9 heteroatoms. The molecule has 0 spiro atoms. The van der Waals surface area contributed by atoms with Gasteiger partial charge >= 0.3 is 0 Å². The lowest BCUT2D eigenvalue weighted by Gasteiger charge is -2.28. The number of hydrogen-bond donors (Lipinski definition) is 2.